The molecule has 1 unspecified atom stereocenters. The second-order valence-electron chi connectivity index (χ2n) is 5.34. The minimum absolute atomic E-state index is 0.0635. The van der Waals surface area contributed by atoms with Crippen molar-refractivity contribution in [3.05, 3.63) is 48.4 Å². The van der Waals surface area contributed by atoms with Crippen LogP contribution in [-0.2, 0) is 4.79 Å². The monoisotopic (exact) mass is 342 g/mol. The van der Waals surface area contributed by atoms with E-state index in [1.54, 1.807) is 20.1 Å². The molecule has 0 aliphatic rings. The van der Waals surface area contributed by atoms with Gasteiger partial charge in [0.05, 0.1) is 12.4 Å². The maximum atomic E-state index is 12.4. The van der Waals surface area contributed by atoms with Gasteiger partial charge in [-0.25, -0.2) is 4.98 Å². The number of thioether (sulfide) groups is 1. The van der Waals surface area contributed by atoms with Crippen LogP contribution in [0.5, 0.6) is 5.75 Å². The summed E-state index contributed by atoms with van der Waals surface area (Å²) >= 11 is 1.49. The van der Waals surface area contributed by atoms with E-state index in [0.717, 1.165) is 16.2 Å². The Hall–Kier alpha value is -2.47. The molecule has 0 spiro atoms. The summed E-state index contributed by atoms with van der Waals surface area (Å²) in [5, 5.41) is 2.68. The molecule has 124 valence electrons. The summed E-state index contributed by atoms with van der Waals surface area (Å²) in [5.41, 5.74) is 2.15. The Balaban J connectivity index is 1.65. The zero-order valence-electron chi connectivity index (χ0n) is 13.7. The van der Waals surface area contributed by atoms with Crippen LogP contribution in [0, 0.1) is 6.92 Å². The van der Waals surface area contributed by atoms with E-state index in [-0.39, 0.29) is 11.2 Å². The molecule has 1 aromatic heterocycles. The third-order valence-electron chi connectivity index (χ3n) is 3.50. The summed E-state index contributed by atoms with van der Waals surface area (Å²) in [6, 6.07) is 13.1. The number of ether oxygens (including phenoxy) is 1. The Bertz CT molecular complexity index is 858. The Morgan fingerprint density at radius 3 is 2.71 bits per heavy atom. The number of carbonyl (C=O) groups is 1. The van der Waals surface area contributed by atoms with E-state index in [2.05, 4.69) is 10.3 Å². The van der Waals surface area contributed by atoms with E-state index in [1.165, 1.54) is 11.8 Å². The number of aryl methyl sites for hydroxylation is 1. The lowest BCUT2D eigenvalue weighted by molar-refractivity contribution is -0.115. The van der Waals surface area contributed by atoms with Gasteiger partial charge in [-0.15, -0.1) is 11.8 Å². The number of oxazole rings is 1. The van der Waals surface area contributed by atoms with Gasteiger partial charge in [0.2, 0.25) is 5.91 Å². The highest BCUT2D eigenvalue weighted by Gasteiger charge is 2.15. The predicted octanol–water partition coefficient (Wildman–Crippen LogP) is 4.26. The van der Waals surface area contributed by atoms with E-state index in [1.807, 2.05) is 43.3 Å². The first-order valence-electron chi connectivity index (χ1n) is 7.54. The lowest BCUT2D eigenvalue weighted by Crippen LogP contribution is -2.22. The van der Waals surface area contributed by atoms with Gasteiger partial charge in [-0.3, -0.25) is 4.79 Å². The summed E-state index contributed by atoms with van der Waals surface area (Å²) < 4.78 is 10.6. The lowest BCUT2D eigenvalue weighted by atomic mass is 10.3. The Morgan fingerprint density at radius 1 is 1.25 bits per heavy atom. The second kappa shape index (κ2) is 6.97. The minimum Gasteiger partial charge on any atom is -0.497 e. The fourth-order valence-corrected chi connectivity index (χ4v) is 3.14. The van der Waals surface area contributed by atoms with Crippen LogP contribution in [-0.4, -0.2) is 23.3 Å². The zero-order chi connectivity index (χ0) is 17.1. The number of hydrogen-bond donors (Lipinski definition) is 1. The smallest absolute Gasteiger partial charge is 0.237 e. The maximum Gasteiger partial charge on any atom is 0.237 e. The van der Waals surface area contributed by atoms with Crippen LogP contribution in [0.15, 0.2) is 51.8 Å². The first-order valence-corrected chi connectivity index (χ1v) is 8.42. The number of fused-ring (bicyclic) bond motifs is 1. The van der Waals surface area contributed by atoms with Crippen molar-refractivity contribution in [1.82, 2.24) is 4.98 Å². The number of aromatic nitrogens is 1. The first kappa shape index (κ1) is 16.4. The molecule has 1 atom stereocenters. The normalized spacial score (nSPS) is 12.1. The number of rotatable bonds is 5. The number of anilines is 1. The van der Waals surface area contributed by atoms with Crippen molar-refractivity contribution in [3.63, 3.8) is 0 Å². The van der Waals surface area contributed by atoms with Gasteiger partial charge in [-0.05, 0) is 43.3 Å². The largest absolute Gasteiger partial charge is 0.497 e. The summed E-state index contributed by atoms with van der Waals surface area (Å²) in [7, 11) is 1.63. The lowest BCUT2D eigenvalue weighted by Gasteiger charge is -2.12. The average Bonchev–Trinajstić information content (AvgIpc) is 2.94. The molecule has 0 saturated carbocycles. The molecular weight excluding hydrogens is 324 g/mol. The standard InChI is InChI=1S/C18H18N2O3S/c1-11(24-15-7-5-14(22-3)6-8-15)18(21)20-13-4-9-16-17(10-13)23-12(2)19-16/h4-11H,1-3H3,(H,20,21). The zero-order valence-corrected chi connectivity index (χ0v) is 14.5. The molecule has 24 heavy (non-hydrogen) atoms. The summed E-state index contributed by atoms with van der Waals surface area (Å²) in [4.78, 5) is 17.6. The third-order valence-corrected chi connectivity index (χ3v) is 4.62. The van der Waals surface area contributed by atoms with Gasteiger partial charge < -0.3 is 14.5 Å². The van der Waals surface area contributed by atoms with Gasteiger partial charge in [0.1, 0.15) is 11.3 Å². The van der Waals surface area contributed by atoms with Gasteiger partial charge >= 0.3 is 0 Å². The maximum absolute atomic E-state index is 12.4. The molecular formula is C18H18N2O3S. The van der Waals surface area contributed by atoms with Gasteiger partial charge in [0.15, 0.2) is 11.5 Å². The molecule has 3 aromatic rings. The molecule has 1 N–H and O–H groups in total. The molecule has 0 aliphatic heterocycles. The molecule has 3 rings (SSSR count). The molecule has 1 amide bonds. The number of hydrogen-bond acceptors (Lipinski definition) is 5. The molecule has 2 aromatic carbocycles. The average molecular weight is 342 g/mol. The molecule has 0 radical (unpaired) electrons. The number of carbonyl (C=O) groups excluding carboxylic acids is 1. The van der Waals surface area contributed by atoms with Crippen LogP contribution in [0.25, 0.3) is 11.1 Å². The molecule has 5 nitrogen and oxygen atoms in total. The van der Waals surface area contributed by atoms with Crippen LogP contribution in [0.1, 0.15) is 12.8 Å². The highest BCUT2D eigenvalue weighted by Crippen LogP contribution is 2.26. The molecule has 0 fully saturated rings. The van der Waals surface area contributed by atoms with Crippen molar-refractivity contribution in [2.75, 3.05) is 12.4 Å². The quantitative estimate of drug-likeness (QED) is 0.702. The molecule has 0 bridgehead atoms. The SMILES string of the molecule is COc1ccc(SC(C)C(=O)Nc2ccc3nc(C)oc3c2)cc1. The molecule has 0 saturated heterocycles. The fraction of sp³-hybridized carbons (Fsp3) is 0.222. The highest BCUT2D eigenvalue weighted by molar-refractivity contribution is 8.00. The number of amides is 1. The van der Waals surface area contributed by atoms with E-state index in [0.29, 0.717) is 17.2 Å². The van der Waals surface area contributed by atoms with Crippen LogP contribution >= 0.6 is 11.8 Å². The third kappa shape index (κ3) is 3.71. The molecule has 6 heteroatoms. The molecule has 1 heterocycles. The van der Waals surface area contributed by atoms with Gasteiger partial charge in [0.25, 0.3) is 0 Å². The van der Waals surface area contributed by atoms with Crippen LogP contribution < -0.4 is 10.1 Å². The van der Waals surface area contributed by atoms with Gasteiger partial charge in [-0.2, -0.15) is 0 Å². The number of benzene rings is 2. The Kier molecular flexibility index (Phi) is 4.76. The first-order chi connectivity index (χ1) is 11.5. The number of methoxy groups -OCH3 is 1. The highest BCUT2D eigenvalue weighted by atomic mass is 32.2. The van der Waals surface area contributed by atoms with Crippen LogP contribution in [0.2, 0.25) is 0 Å². The summed E-state index contributed by atoms with van der Waals surface area (Å²) in [5.74, 6) is 1.34. The van der Waals surface area contributed by atoms with Gasteiger partial charge in [-0.1, -0.05) is 0 Å². The van der Waals surface area contributed by atoms with Crippen molar-refractivity contribution in [3.8, 4) is 5.75 Å². The minimum atomic E-state index is -0.231. The van der Waals surface area contributed by atoms with Crippen molar-refractivity contribution in [2.24, 2.45) is 0 Å². The van der Waals surface area contributed by atoms with Gasteiger partial charge in [0, 0.05) is 23.6 Å². The van der Waals surface area contributed by atoms with Crippen LogP contribution in [0.4, 0.5) is 5.69 Å². The van der Waals surface area contributed by atoms with E-state index < -0.39 is 0 Å². The van der Waals surface area contributed by atoms with E-state index >= 15 is 0 Å². The topological polar surface area (TPSA) is 64.4 Å². The molecule has 0 aliphatic carbocycles. The number of nitrogens with one attached hydrogen (secondary N) is 1. The van der Waals surface area contributed by atoms with Crippen molar-refractivity contribution >= 4 is 34.5 Å². The second-order valence-corrected chi connectivity index (χ2v) is 6.75. The van der Waals surface area contributed by atoms with E-state index in [4.69, 9.17) is 9.15 Å². The Labute approximate surface area is 144 Å². The van der Waals surface area contributed by atoms with Crippen molar-refractivity contribution in [1.29, 1.82) is 0 Å². The fourth-order valence-electron chi connectivity index (χ4n) is 2.27. The Morgan fingerprint density at radius 2 is 2.00 bits per heavy atom. The van der Waals surface area contributed by atoms with E-state index in [9.17, 15) is 4.79 Å². The summed E-state index contributed by atoms with van der Waals surface area (Å²) in [6.07, 6.45) is 0. The van der Waals surface area contributed by atoms with Crippen molar-refractivity contribution in [2.45, 2.75) is 24.0 Å². The number of nitrogens with zero attached hydrogens (tertiary/aromatic N) is 1. The van der Waals surface area contributed by atoms with Crippen molar-refractivity contribution < 1.29 is 13.9 Å². The van der Waals surface area contributed by atoms with Crippen LogP contribution in [0.3, 0.4) is 0 Å². The summed E-state index contributed by atoms with van der Waals surface area (Å²) in [6.45, 7) is 3.67. The predicted molar refractivity (Wildman–Crippen MR) is 95.7 cm³/mol.